The number of hydrogen-bond acceptors (Lipinski definition) is 3. The highest BCUT2D eigenvalue weighted by Crippen LogP contribution is 2.25. The molecule has 0 bridgehead atoms. The summed E-state index contributed by atoms with van der Waals surface area (Å²) in [6.45, 7) is 11.4. The second kappa shape index (κ2) is 6.45. The van der Waals surface area contributed by atoms with Crippen LogP contribution in [0.4, 0.5) is 0 Å². The van der Waals surface area contributed by atoms with Crippen LogP contribution in [0.3, 0.4) is 0 Å². The summed E-state index contributed by atoms with van der Waals surface area (Å²) in [7, 11) is 0. The second-order valence-electron chi connectivity index (χ2n) is 6.21. The Kier molecular flexibility index (Phi) is 6.12. The van der Waals surface area contributed by atoms with Crippen molar-refractivity contribution >= 4 is 23.3 Å². The van der Waals surface area contributed by atoms with Gasteiger partial charge in [0.05, 0.1) is 0 Å². The van der Waals surface area contributed by atoms with E-state index in [-0.39, 0.29) is 28.9 Å². The van der Waals surface area contributed by atoms with Gasteiger partial charge in [-0.2, -0.15) is 0 Å². The van der Waals surface area contributed by atoms with Crippen molar-refractivity contribution in [3.63, 3.8) is 0 Å². The zero-order valence-corrected chi connectivity index (χ0v) is 13.8. The maximum atomic E-state index is 12.1. The minimum absolute atomic E-state index is 0. The number of para-hydroxylation sites is 1. The minimum Gasteiger partial charge on any atom is -0.487 e. The van der Waals surface area contributed by atoms with Gasteiger partial charge in [-0.25, -0.2) is 4.79 Å². The maximum Gasteiger partial charge on any atom is 0.342 e. The van der Waals surface area contributed by atoms with Crippen molar-refractivity contribution in [1.82, 2.24) is 0 Å². The smallest absolute Gasteiger partial charge is 0.342 e. The third kappa shape index (κ3) is 6.66. The molecule has 0 aromatic heterocycles. The monoisotopic (exact) mass is 277 g/mol. The molecule has 0 saturated heterocycles. The third-order valence-corrected chi connectivity index (χ3v) is 1.92. The SMILES string of the molecule is CC(C)(C)OC(=O)c1ccccc1OC(C)(C)C.[Al]. The Balaban J connectivity index is 0.00000324. The van der Waals surface area contributed by atoms with Gasteiger partial charge < -0.3 is 9.47 Å². The molecule has 0 aliphatic carbocycles. The van der Waals surface area contributed by atoms with E-state index in [2.05, 4.69) is 0 Å². The number of benzene rings is 1. The lowest BCUT2D eigenvalue weighted by Gasteiger charge is -2.24. The molecule has 3 nitrogen and oxygen atoms in total. The lowest BCUT2D eigenvalue weighted by Crippen LogP contribution is -2.27. The highest BCUT2D eigenvalue weighted by atomic mass is 27.0. The minimum atomic E-state index is -0.508. The van der Waals surface area contributed by atoms with Gasteiger partial charge in [0.25, 0.3) is 0 Å². The molecule has 1 aromatic rings. The van der Waals surface area contributed by atoms with Gasteiger partial charge in [0.15, 0.2) is 0 Å². The molecule has 0 spiro atoms. The van der Waals surface area contributed by atoms with Crippen molar-refractivity contribution in [3.8, 4) is 5.75 Å². The van der Waals surface area contributed by atoms with E-state index in [0.717, 1.165) is 0 Å². The summed E-state index contributed by atoms with van der Waals surface area (Å²) in [5.74, 6) is 0.196. The van der Waals surface area contributed by atoms with Crippen LogP contribution in [0, 0.1) is 0 Å². The first kappa shape index (κ1) is 18.0. The van der Waals surface area contributed by atoms with Gasteiger partial charge in [0.2, 0.25) is 0 Å². The van der Waals surface area contributed by atoms with Crippen molar-refractivity contribution in [1.29, 1.82) is 0 Å². The molecule has 0 atom stereocenters. The van der Waals surface area contributed by atoms with Gasteiger partial charge in [-0.15, -0.1) is 0 Å². The molecule has 0 aliphatic rings. The van der Waals surface area contributed by atoms with Crippen LogP contribution < -0.4 is 4.74 Å². The molecule has 0 amide bonds. The van der Waals surface area contributed by atoms with Crippen molar-refractivity contribution in [3.05, 3.63) is 29.8 Å². The summed E-state index contributed by atoms with van der Waals surface area (Å²) in [5.41, 5.74) is -0.397. The fraction of sp³-hybridized carbons (Fsp3) is 0.533. The van der Waals surface area contributed by atoms with Crippen molar-refractivity contribution in [2.75, 3.05) is 0 Å². The van der Waals surface area contributed by atoms with Crippen LogP contribution in [-0.2, 0) is 4.74 Å². The maximum absolute atomic E-state index is 12.1. The summed E-state index contributed by atoms with van der Waals surface area (Å²) < 4.78 is 11.1. The average Bonchev–Trinajstić information content (AvgIpc) is 2.12. The van der Waals surface area contributed by atoms with E-state index in [1.165, 1.54) is 0 Å². The zero-order valence-electron chi connectivity index (χ0n) is 12.6. The lowest BCUT2D eigenvalue weighted by molar-refractivity contribution is 0.00616. The van der Waals surface area contributed by atoms with Crippen LogP contribution in [0.5, 0.6) is 5.75 Å². The van der Waals surface area contributed by atoms with Crippen LogP contribution in [0.25, 0.3) is 0 Å². The zero-order chi connectivity index (χ0) is 14.0. The van der Waals surface area contributed by atoms with Gasteiger partial charge >= 0.3 is 5.97 Å². The van der Waals surface area contributed by atoms with Crippen molar-refractivity contribution < 1.29 is 14.3 Å². The Morgan fingerprint density at radius 1 is 0.947 bits per heavy atom. The number of hydrogen-bond donors (Lipinski definition) is 0. The molecule has 0 unspecified atom stereocenters. The second-order valence-corrected chi connectivity index (χ2v) is 6.21. The topological polar surface area (TPSA) is 35.5 Å². The molecule has 1 aromatic carbocycles. The van der Waals surface area contributed by atoms with Gasteiger partial charge in [0.1, 0.15) is 22.5 Å². The third-order valence-electron chi connectivity index (χ3n) is 1.92. The molecule has 19 heavy (non-hydrogen) atoms. The molecule has 0 fully saturated rings. The highest BCUT2D eigenvalue weighted by Gasteiger charge is 2.22. The molecular weight excluding hydrogens is 255 g/mol. The van der Waals surface area contributed by atoms with Gasteiger partial charge in [-0.05, 0) is 53.7 Å². The molecule has 0 heterocycles. The fourth-order valence-corrected chi connectivity index (χ4v) is 1.39. The quantitative estimate of drug-likeness (QED) is 0.613. The van der Waals surface area contributed by atoms with E-state index >= 15 is 0 Å². The van der Waals surface area contributed by atoms with Crippen LogP contribution >= 0.6 is 0 Å². The normalized spacial score (nSPS) is 11.5. The average molecular weight is 277 g/mol. The van der Waals surface area contributed by atoms with Crippen LogP contribution in [0.2, 0.25) is 0 Å². The Morgan fingerprint density at radius 2 is 1.47 bits per heavy atom. The molecule has 0 saturated carbocycles. The number of esters is 1. The van der Waals surface area contributed by atoms with E-state index in [1.807, 2.05) is 47.6 Å². The fourth-order valence-electron chi connectivity index (χ4n) is 1.39. The first-order valence-corrected chi connectivity index (χ1v) is 6.10. The summed E-state index contributed by atoms with van der Waals surface area (Å²) in [6.07, 6.45) is 0. The van der Waals surface area contributed by atoms with Gasteiger partial charge in [-0.3, -0.25) is 0 Å². The Morgan fingerprint density at radius 3 is 1.95 bits per heavy atom. The number of ether oxygens (including phenoxy) is 2. The molecular formula is C15H22AlO3. The highest BCUT2D eigenvalue weighted by molar-refractivity contribution is 5.92. The molecule has 103 valence electrons. The first-order valence-electron chi connectivity index (χ1n) is 6.10. The van der Waals surface area contributed by atoms with Crippen LogP contribution in [0.1, 0.15) is 51.9 Å². The summed E-state index contributed by atoms with van der Waals surface area (Å²) in [5, 5.41) is 0. The number of carbonyl (C=O) groups is 1. The standard InChI is InChI=1S/C15H22O3.Al/c1-14(2,3)17-12-10-8-7-9-11(12)13(16)18-15(4,5)6;/h7-10H,1-6H3;. The van der Waals surface area contributed by atoms with Crippen molar-refractivity contribution in [2.24, 2.45) is 0 Å². The van der Waals surface area contributed by atoms with E-state index in [0.29, 0.717) is 11.3 Å². The number of carbonyl (C=O) groups excluding carboxylic acids is 1. The largest absolute Gasteiger partial charge is 0.487 e. The summed E-state index contributed by atoms with van der Waals surface area (Å²) >= 11 is 0. The van der Waals surface area contributed by atoms with Gasteiger partial charge in [-0.1, -0.05) is 12.1 Å². The Labute approximate surface area is 126 Å². The Bertz CT molecular complexity index is 428. The van der Waals surface area contributed by atoms with Crippen molar-refractivity contribution in [2.45, 2.75) is 52.7 Å². The molecule has 0 aliphatic heterocycles. The van der Waals surface area contributed by atoms with Crippen LogP contribution in [0.15, 0.2) is 24.3 Å². The summed E-state index contributed by atoms with van der Waals surface area (Å²) in [4.78, 5) is 12.1. The molecule has 3 radical (unpaired) electrons. The predicted octanol–water partition coefficient (Wildman–Crippen LogP) is 3.44. The first-order chi connectivity index (χ1) is 8.08. The van der Waals surface area contributed by atoms with E-state index in [1.54, 1.807) is 18.2 Å². The molecule has 4 heteroatoms. The van der Waals surface area contributed by atoms with E-state index in [4.69, 9.17) is 9.47 Å². The number of rotatable bonds is 2. The van der Waals surface area contributed by atoms with Crippen LogP contribution in [-0.4, -0.2) is 34.5 Å². The van der Waals surface area contributed by atoms with E-state index < -0.39 is 5.60 Å². The molecule has 1 rings (SSSR count). The lowest BCUT2D eigenvalue weighted by atomic mass is 10.1. The predicted molar refractivity (Wildman–Crippen MR) is 77.7 cm³/mol. The molecule has 0 N–H and O–H groups in total. The van der Waals surface area contributed by atoms with Gasteiger partial charge in [0, 0.05) is 17.4 Å². The summed E-state index contributed by atoms with van der Waals surface area (Å²) in [6, 6.07) is 7.14. The van der Waals surface area contributed by atoms with E-state index in [9.17, 15) is 4.79 Å². The Hall–Kier alpha value is -0.978.